The minimum absolute atomic E-state index is 0.0119. The van der Waals surface area contributed by atoms with Crippen LogP contribution in [0.3, 0.4) is 0 Å². The molecular weight excluding hydrogens is 232 g/mol. The average molecular weight is 254 g/mol. The lowest BCUT2D eigenvalue weighted by Gasteiger charge is -2.28. The van der Waals surface area contributed by atoms with Gasteiger partial charge in [0.05, 0.1) is 13.0 Å². The maximum absolute atomic E-state index is 11.8. The molecule has 0 aromatic carbocycles. The van der Waals surface area contributed by atoms with Crippen molar-refractivity contribution < 1.29 is 19.1 Å². The fourth-order valence-electron chi connectivity index (χ4n) is 3.51. The fraction of sp³-hybridized carbons (Fsp3) is 0.786. The number of methoxy groups -OCH3 is 1. The highest BCUT2D eigenvalue weighted by atomic mass is 16.5. The van der Waals surface area contributed by atoms with Crippen LogP contribution >= 0.6 is 0 Å². The van der Waals surface area contributed by atoms with Crippen molar-refractivity contribution in [3.05, 3.63) is 0 Å². The van der Waals surface area contributed by atoms with Crippen molar-refractivity contribution in [3.63, 3.8) is 0 Å². The van der Waals surface area contributed by atoms with E-state index in [-0.39, 0.29) is 47.1 Å². The summed E-state index contributed by atoms with van der Waals surface area (Å²) in [5.74, 6) is -1.05. The molecule has 0 aliphatic heterocycles. The van der Waals surface area contributed by atoms with Gasteiger partial charge in [0.25, 0.3) is 0 Å². The topological polar surface area (TPSA) is 60.4 Å². The Labute approximate surface area is 108 Å². The van der Waals surface area contributed by atoms with Crippen molar-refractivity contribution in [1.82, 2.24) is 0 Å². The highest BCUT2D eigenvalue weighted by Crippen LogP contribution is 2.52. The van der Waals surface area contributed by atoms with E-state index in [4.69, 9.17) is 4.74 Å². The monoisotopic (exact) mass is 254 g/mol. The predicted molar refractivity (Wildman–Crippen MR) is 66.9 cm³/mol. The molecule has 18 heavy (non-hydrogen) atoms. The Hall–Kier alpha value is -1.19. The van der Waals surface area contributed by atoms with Crippen LogP contribution in [0.4, 0.5) is 0 Å². The molecule has 1 aliphatic carbocycles. The largest absolute Gasteiger partial charge is 0.469 e. The molecule has 0 bridgehead atoms. The Kier molecular flexibility index (Phi) is 4.30. The molecule has 0 aromatic heterocycles. The summed E-state index contributed by atoms with van der Waals surface area (Å²) in [5.41, 5.74) is -0.259. The van der Waals surface area contributed by atoms with E-state index in [0.717, 1.165) is 0 Å². The summed E-state index contributed by atoms with van der Waals surface area (Å²) in [4.78, 5) is 35.0. The molecule has 1 aliphatic rings. The number of carbonyl (C=O) groups is 3. The van der Waals surface area contributed by atoms with Crippen molar-refractivity contribution in [2.45, 2.75) is 40.5 Å². The van der Waals surface area contributed by atoms with Crippen LogP contribution in [0, 0.1) is 23.2 Å². The summed E-state index contributed by atoms with van der Waals surface area (Å²) in [7, 11) is 1.35. The zero-order chi connectivity index (χ0) is 14.1. The molecule has 0 amide bonds. The smallest absolute Gasteiger partial charge is 0.308 e. The minimum Gasteiger partial charge on any atom is -0.469 e. The molecule has 0 saturated heterocycles. The Morgan fingerprint density at radius 3 is 2.17 bits per heavy atom. The summed E-state index contributed by atoms with van der Waals surface area (Å²) in [6.45, 7) is 7.00. The van der Waals surface area contributed by atoms with Gasteiger partial charge in [-0.05, 0) is 31.6 Å². The summed E-state index contributed by atoms with van der Waals surface area (Å²) in [6, 6.07) is 0. The average Bonchev–Trinajstić information content (AvgIpc) is 2.47. The first-order valence-electron chi connectivity index (χ1n) is 6.28. The van der Waals surface area contributed by atoms with Gasteiger partial charge in [0.15, 0.2) is 0 Å². The molecular formula is C14H22O4. The van der Waals surface area contributed by atoms with Gasteiger partial charge in [-0.25, -0.2) is 0 Å². The summed E-state index contributed by atoms with van der Waals surface area (Å²) in [6.07, 6.45) is 0.870. The maximum Gasteiger partial charge on any atom is 0.308 e. The number of hydrogen-bond acceptors (Lipinski definition) is 4. The van der Waals surface area contributed by atoms with Crippen molar-refractivity contribution in [1.29, 1.82) is 0 Å². The molecule has 0 heterocycles. The van der Waals surface area contributed by atoms with Crippen molar-refractivity contribution >= 4 is 17.5 Å². The number of ether oxygens (including phenoxy) is 1. The van der Waals surface area contributed by atoms with Crippen LogP contribution < -0.4 is 0 Å². The Bertz CT molecular complexity index is 370. The second-order valence-corrected chi connectivity index (χ2v) is 5.98. The van der Waals surface area contributed by atoms with Gasteiger partial charge < -0.3 is 9.53 Å². The highest BCUT2D eigenvalue weighted by molar-refractivity contribution is 5.85. The van der Waals surface area contributed by atoms with Crippen molar-refractivity contribution in [2.75, 3.05) is 7.11 Å². The molecule has 4 nitrogen and oxygen atoms in total. The van der Waals surface area contributed by atoms with E-state index in [0.29, 0.717) is 6.42 Å². The third-order valence-electron chi connectivity index (χ3n) is 4.00. The van der Waals surface area contributed by atoms with Gasteiger partial charge in [-0.15, -0.1) is 0 Å². The molecule has 0 radical (unpaired) electrons. The van der Waals surface area contributed by atoms with E-state index in [1.54, 1.807) is 6.92 Å². The molecule has 0 spiro atoms. The second kappa shape index (κ2) is 5.21. The van der Waals surface area contributed by atoms with Crippen molar-refractivity contribution in [3.8, 4) is 0 Å². The number of hydrogen-bond donors (Lipinski definition) is 0. The normalized spacial score (nSPS) is 29.9. The van der Waals surface area contributed by atoms with Gasteiger partial charge in [0.2, 0.25) is 0 Å². The standard InChI is InChI=1S/C14H22O4/c1-8(15)6-10-11(13(17)18-5)7-14(3,4)12(10)9(2)16/h10-12H,6-7H2,1-5H3/t10?,11-,12+/m1/s1. The van der Waals surface area contributed by atoms with Gasteiger partial charge in [-0.2, -0.15) is 0 Å². The molecule has 0 N–H and O–H groups in total. The van der Waals surface area contributed by atoms with Gasteiger partial charge in [-0.1, -0.05) is 13.8 Å². The minimum atomic E-state index is -0.345. The SMILES string of the molecule is COC(=O)[C@@H]1CC(C)(C)[C@@H](C(C)=O)C1CC(C)=O. The van der Waals surface area contributed by atoms with Gasteiger partial charge in [-0.3, -0.25) is 9.59 Å². The first-order chi connectivity index (χ1) is 8.20. The van der Waals surface area contributed by atoms with Crippen LogP contribution in [-0.4, -0.2) is 24.6 Å². The van der Waals surface area contributed by atoms with Crippen LogP contribution in [0.1, 0.15) is 40.5 Å². The van der Waals surface area contributed by atoms with Crippen LogP contribution in [0.15, 0.2) is 0 Å². The van der Waals surface area contributed by atoms with E-state index >= 15 is 0 Å². The van der Waals surface area contributed by atoms with Crippen LogP contribution in [0.2, 0.25) is 0 Å². The number of esters is 1. The van der Waals surface area contributed by atoms with Gasteiger partial charge >= 0.3 is 5.97 Å². The third kappa shape index (κ3) is 2.79. The molecule has 1 rings (SSSR count). The highest BCUT2D eigenvalue weighted by Gasteiger charge is 2.53. The second-order valence-electron chi connectivity index (χ2n) is 5.98. The molecule has 3 atom stereocenters. The Balaban J connectivity index is 3.10. The Morgan fingerprint density at radius 2 is 1.78 bits per heavy atom. The summed E-state index contributed by atoms with van der Waals surface area (Å²) >= 11 is 0. The lowest BCUT2D eigenvalue weighted by molar-refractivity contribution is -0.147. The van der Waals surface area contributed by atoms with E-state index in [9.17, 15) is 14.4 Å². The van der Waals surface area contributed by atoms with E-state index in [1.165, 1.54) is 14.0 Å². The fourth-order valence-corrected chi connectivity index (χ4v) is 3.51. The first-order valence-corrected chi connectivity index (χ1v) is 6.28. The predicted octanol–water partition coefficient (Wildman–Crippen LogP) is 2.01. The summed E-state index contributed by atoms with van der Waals surface area (Å²) < 4.78 is 4.81. The molecule has 1 saturated carbocycles. The zero-order valence-electron chi connectivity index (χ0n) is 11.8. The number of carbonyl (C=O) groups excluding carboxylic acids is 3. The van der Waals surface area contributed by atoms with Gasteiger partial charge in [0, 0.05) is 12.3 Å². The maximum atomic E-state index is 11.8. The van der Waals surface area contributed by atoms with Crippen LogP contribution in [0.5, 0.6) is 0 Å². The lowest BCUT2D eigenvalue weighted by Crippen LogP contribution is -2.31. The summed E-state index contributed by atoms with van der Waals surface area (Å²) in [5, 5.41) is 0. The molecule has 102 valence electrons. The van der Waals surface area contributed by atoms with Crippen LogP contribution in [0.25, 0.3) is 0 Å². The molecule has 1 unspecified atom stereocenters. The van der Waals surface area contributed by atoms with E-state index in [2.05, 4.69) is 0 Å². The van der Waals surface area contributed by atoms with E-state index < -0.39 is 0 Å². The zero-order valence-corrected chi connectivity index (χ0v) is 11.8. The molecule has 4 heteroatoms. The van der Waals surface area contributed by atoms with Gasteiger partial charge in [0.1, 0.15) is 11.6 Å². The first kappa shape index (κ1) is 14.9. The number of rotatable bonds is 4. The number of ketones is 2. The van der Waals surface area contributed by atoms with Crippen LogP contribution in [-0.2, 0) is 19.1 Å². The lowest BCUT2D eigenvalue weighted by atomic mass is 9.75. The Morgan fingerprint density at radius 1 is 1.22 bits per heavy atom. The van der Waals surface area contributed by atoms with E-state index in [1.807, 2.05) is 13.8 Å². The molecule has 0 aromatic rings. The molecule has 1 fully saturated rings. The quantitative estimate of drug-likeness (QED) is 0.720. The van der Waals surface area contributed by atoms with Crippen molar-refractivity contribution in [2.24, 2.45) is 23.2 Å². The number of Topliss-reactive ketones (excluding diaryl/α,β-unsaturated/α-hetero) is 2. The third-order valence-corrected chi connectivity index (χ3v) is 4.00.